The van der Waals surface area contributed by atoms with Gasteiger partial charge in [-0.1, -0.05) is 11.3 Å². The molecule has 8 heteroatoms. The van der Waals surface area contributed by atoms with Crippen molar-refractivity contribution in [1.82, 2.24) is 25.3 Å². The van der Waals surface area contributed by atoms with E-state index in [1.54, 1.807) is 12.4 Å². The van der Waals surface area contributed by atoms with Crippen LogP contribution < -0.4 is 5.32 Å². The molecule has 0 spiro atoms. The van der Waals surface area contributed by atoms with Gasteiger partial charge in [-0.2, -0.15) is 0 Å². The molecule has 3 rings (SSSR count). The molecule has 0 aliphatic carbocycles. The molecular weight excluding hydrogens is 298 g/mol. The number of hydrogen-bond acceptors (Lipinski definition) is 6. The molecule has 0 unspecified atom stereocenters. The number of carbonyl (C=O) groups excluding carboxylic acids is 1. The van der Waals surface area contributed by atoms with E-state index in [-0.39, 0.29) is 24.6 Å². The Kier molecular flexibility index (Phi) is 5.28. The highest BCUT2D eigenvalue weighted by Crippen LogP contribution is 2.14. The Morgan fingerprint density at radius 2 is 2.39 bits per heavy atom. The summed E-state index contributed by atoms with van der Waals surface area (Å²) in [6.45, 7) is 1.61. The number of aromatic nitrogens is 4. The topological polar surface area (TPSA) is 91.2 Å². The van der Waals surface area contributed by atoms with E-state index in [0.29, 0.717) is 19.8 Å². The molecule has 0 aromatic carbocycles. The van der Waals surface area contributed by atoms with E-state index in [4.69, 9.17) is 9.47 Å². The number of nitrogens with zero attached hydrogens (tertiary/aromatic N) is 4. The predicted octanol–water partition coefficient (Wildman–Crippen LogP) is 0.164. The second kappa shape index (κ2) is 7.80. The average molecular weight is 317 g/mol. The summed E-state index contributed by atoms with van der Waals surface area (Å²) in [5.41, 5.74) is 0.867. The fourth-order valence-electron chi connectivity index (χ4n) is 2.44. The maximum atomic E-state index is 12.1. The summed E-state index contributed by atoms with van der Waals surface area (Å²) in [5, 5.41) is 10.4. The third kappa shape index (κ3) is 4.57. The van der Waals surface area contributed by atoms with Crippen molar-refractivity contribution in [1.29, 1.82) is 0 Å². The van der Waals surface area contributed by atoms with Crippen LogP contribution in [0.2, 0.25) is 0 Å². The van der Waals surface area contributed by atoms with Crippen LogP contribution in [0, 0.1) is 0 Å². The second-order valence-electron chi connectivity index (χ2n) is 5.31. The highest BCUT2D eigenvalue weighted by molar-refractivity contribution is 5.76. The molecule has 2 aromatic heterocycles. The van der Waals surface area contributed by atoms with E-state index in [9.17, 15) is 4.79 Å². The minimum absolute atomic E-state index is 0.0922. The van der Waals surface area contributed by atoms with Crippen LogP contribution in [0.3, 0.4) is 0 Å². The van der Waals surface area contributed by atoms with Crippen LogP contribution in [-0.4, -0.2) is 51.2 Å². The Morgan fingerprint density at radius 1 is 1.43 bits per heavy atom. The van der Waals surface area contributed by atoms with E-state index < -0.39 is 0 Å². The first-order valence-electron chi connectivity index (χ1n) is 7.54. The zero-order valence-corrected chi connectivity index (χ0v) is 12.7. The first-order chi connectivity index (χ1) is 11.3. The van der Waals surface area contributed by atoms with Crippen LogP contribution >= 0.6 is 0 Å². The Morgan fingerprint density at radius 3 is 3.17 bits per heavy atom. The van der Waals surface area contributed by atoms with Crippen molar-refractivity contribution in [2.45, 2.75) is 31.7 Å². The van der Waals surface area contributed by atoms with Crippen molar-refractivity contribution in [3.63, 3.8) is 0 Å². The molecule has 23 heavy (non-hydrogen) atoms. The van der Waals surface area contributed by atoms with E-state index >= 15 is 0 Å². The summed E-state index contributed by atoms with van der Waals surface area (Å²) < 4.78 is 12.9. The van der Waals surface area contributed by atoms with E-state index in [2.05, 4.69) is 20.6 Å². The van der Waals surface area contributed by atoms with Gasteiger partial charge in [-0.25, -0.2) is 4.68 Å². The zero-order chi connectivity index (χ0) is 15.9. The second-order valence-corrected chi connectivity index (χ2v) is 5.31. The highest BCUT2D eigenvalue weighted by atomic mass is 16.5. The summed E-state index contributed by atoms with van der Waals surface area (Å²) in [6.07, 6.45) is 5.56. The lowest BCUT2D eigenvalue weighted by molar-refractivity contribution is -0.127. The maximum Gasteiger partial charge on any atom is 0.242 e. The number of pyridine rings is 1. The van der Waals surface area contributed by atoms with Gasteiger partial charge in [0.2, 0.25) is 5.91 Å². The van der Waals surface area contributed by atoms with Crippen LogP contribution in [0.5, 0.6) is 0 Å². The third-order valence-corrected chi connectivity index (χ3v) is 3.59. The van der Waals surface area contributed by atoms with Gasteiger partial charge in [0.25, 0.3) is 0 Å². The van der Waals surface area contributed by atoms with Gasteiger partial charge in [0, 0.05) is 19.0 Å². The Labute approximate surface area is 133 Å². The molecule has 122 valence electrons. The third-order valence-electron chi connectivity index (χ3n) is 3.59. The predicted molar refractivity (Wildman–Crippen MR) is 80.2 cm³/mol. The van der Waals surface area contributed by atoms with Gasteiger partial charge in [0.1, 0.15) is 6.54 Å². The van der Waals surface area contributed by atoms with Gasteiger partial charge in [-0.05, 0) is 18.6 Å². The molecule has 0 saturated carbocycles. The molecule has 1 amide bonds. The van der Waals surface area contributed by atoms with Gasteiger partial charge in [-0.3, -0.25) is 9.78 Å². The fraction of sp³-hybridized carbons (Fsp3) is 0.467. The molecule has 1 aliphatic heterocycles. The number of rotatable bonds is 6. The smallest absolute Gasteiger partial charge is 0.242 e. The van der Waals surface area contributed by atoms with E-state index in [0.717, 1.165) is 12.1 Å². The molecule has 0 radical (unpaired) electrons. The summed E-state index contributed by atoms with van der Waals surface area (Å²) in [7, 11) is 0. The quantitative estimate of drug-likeness (QED) is 0.816. The molecule has 0 bridgehead atoms. The van der Waals surface area contributed by atoms with Crippen LogP contribution in [0.25, 0.3) is 0 Å². The molecule has 1 N–H and O–H groups in total. The number of nitrogens with one attached hydrogen (secondary N) is 1. The van der Waals surface area contributed by atoms with Gasteiger partial charge < -0.3 is 14.8 Å². The minimum Gasteiger partial charge on any atom is -0.379 e. The van der Waals surface area contributed by atoms with Crippen molar-refractivity contribution in [2.75, 3.05) is 13.2 Å². The van der Waals surface area contributed by atoms with Crippen molar-refractivity contribution in [2.24, 2.45) is 0 Å². The molecule has 2 aromatic rings. The number of ether oxygens (including phenoxy) is 2. The molecule has 1 saturated heterocycles. The summed E-state index contributed by atoms with van der Waals surface area (Å²) in [6, 6.07) is 5.53. The normalized spacial score (nSPS) is 21.0. The summed E-state index contributed by atoms with van der Waals surface area (Å²) in [4.78, 5) is 16.3. The highest BCUT2D eigenvalue weighted by Gasteiger charge is 2.28. The van der Waals surface area contributed by atoms with Gasteiger partial charge in [0.15, 0.2) is 0 Å². The van der Waals surface area contributed by atoms with E-state index in [1.165, 1.54) is 10.9 Å². The molecule has 1 fully saturated rings. The fourth-order valence-corrected chi connectivity index (χ4v) is 2.44. The molecule has 2 atom stereocenters. The van der Waals surface area contributed by atoms with Crippen molar-refractivity contribution in [3.8, 4) is 0 Å². The van der Waals surface area contributed by atoms with Crippen molar-refractivity contribution >= 4 is 5.91 Å². The minimum atomic E-state index is -0.177. The Bertz CT molecular complexity index is 605. The van der Waals surface area contributed by atoms with Crippen LogP contribution in [0.1, 0.15) is 12.1 Å². The zero-order valence-electron chi connectivity index (χ0n) is 12.7. The van der Waals surface area contributed by atoms with Crippen LogP contribution in [0.15, 0.2) is 36.8 Å². The lowest BCUT2D eigenvalue weighted by atomic mass is 10.1. The first-order valence-corrected chi connectivity index (χ1v) is 7.54. The van der Waals surface area contributed by atoms with Gasteiger partial charge in [0.05, 0.1) is 37.3 Å². The van der Waals surface area contributed by atoms with Crippen LogP contribution in [-0.2, 0) is 27.4 Å². The van der Waals surface area contributed by atoms with Crippen molar-refractivity contribution in [3.05, 3.63) is 42.5 Å². The Hall–Kier alpha value is -2.32. The monoisotopic (exact) mass is 317 g/mol. The van der Waals surface area contributed by atoms with Gasteiger partial charge in [-0.15, -0.1) is 5.10 Å². The summed E-state index contributed by atoms with van der Waals surface area (Å²) in [5.74, 6) is -0.141. The molecule has 3 heterocycles. The summed E-state index contributed by atoms with van der Waals surface area (Å²) >= 11 is 0. The lowest BCUT2D eigenvalue weighted by Crippen LogP contribution is -2.51. The van der Waals surface area contributed by atoms with E-state index in [1.807, 2.05) is 18.2 Å². The average Bonchev–Trinajstić information content (AvgIpc) is 3.08. The number of amides is 1. The first kappa shape index (κ1) is 15.6. The van der Waals surface area contributed by atoms with Crippen molar-refractivity contribution < 1.29 is 14.3 Å². The number of carbonyl (C=O) groups is 1. The molecule has 1 aliphatic rings. The lowest BCUT2D eigenvalue weighted by Gasteiger charge is -2.32. The Balaban J connectivity index is 1.52. The van der Waals surface area contributed by atoms with Gasteiger partial charge >= 0.3 is 0 Å². The van der Waals surface area contributed by atoms with Crippen LogP contribution in [0.4, 0.5) is 0 Å². The standard InChI is InChI=1S/C15H19N5O3/c21-15(9-20-7-6-17-19-20)18-13-11-22-8-4-14(13)23-10-12-3-1-2-5-16-12/h1-3,5-7,13-14H,4,8-11H2,(H,18,21)/t13-,14-/m1/s1. The maximum absolute atomic E-state index is 12.1. The SMILES string of the molecule is O=C(Cn1ccnn1)N[C@@H]1COCC[C@H]1OCc1ccccn1. The molecule has 8 nitrogen and oxygen atoms in total. The largest absolute Gasteiger partial charge is 0.379 e. The molecular formula is C15H19N5O3. The number of hydrogen-bond donors (Lipinski definition) is 1.